The normalized spacial score (nSPS) is 16.7. The van der Waals surface area contributed by atoms with E-state index >= 15 is 0 Å². The third-order valence-electron chi connectivity index (χ3n) is 3.79. The van der Waals surface area contributed by atoms with E-state index in [4.69, 9.17) is 5.11 Å². The number of pyridine rings is 1. The summed E-state index contributed by atoms with van der Waals surface area (Å²) in [6.45, 7) is 2.53. The highest BCUT2D eigenvalue weighted by molar-refractivity contribution is 7.99. The molecule has 5 heteroatoms. The van der Waals surface area contributed by atoms with E-state index in [1.807, 2.05) is 35.4 Å². The third kappa shape index (κ3) is 2.61. The first kappa shape index (κ1) is 13.9. The smallest absolute Gasteiger partial charge is 0.341 e. The van der Waals surface area contributed by atoms with Crippen LogP contribution in [0.15, 0.2) is 46.2 Å². The maximum absolute atomic E-state index is 11.7. The van der Waals surface area contributed by atoms with Crippen molar-refractivity contribution in [3.8, 4) is 0 Å². The zero-order chi connectivity index (χ0) is 15.0. The first-order valence-electron chi connectivity index (χ1n) is 6.72. The van der Waals surface area contributed by atoms with Gasteiger partial charge in [0.15, 0.2) is 5.43 Å². The van der Waals surface area contributed by atoms with Crippen molar-refractivity contribution in [2.75, 3.05) is 5.75 Å². The minimum Gasteiger partial charge on any atom is -0.477 e. The van der Waals surface area contributed by atoms with E-state index in [0.29, 0.717) is 12.5 Å². The lowest BCUT2D eigenvalue weighted by Gasteiger charge is -2.16. The minimum absolute atomic E-state index is 0.167. The van der Waals surface area contributed by atoms with Crippen LogP contribution in [-0.2, 0) is 6.54 Å². The Bertz CT molecular complexity index is 766. The van der Waals surface area contributed by atoms with Gasteiger partial charge in [-0.3, -0.25) is 4.79 Å². The number of hydrogen-bond donors (Lipinski definition) is 1. The lowest BCUT2D eigenvalue weighted by molar-refractivity contribution is 0.0694. The summed E-state index contributed by atoms with van der Waals surface area (Å²) < 4.78 is 1.87. The van der Waals surface area contributed by atoms with Gasteiger partial charge in [0, 0.05) is 41.1 Å². The van der Waals surface area contributed by atoms with E-state index in [0.717, 1.165) is 11.4 Å². The second-order valence-electron chi connectivity index (χ2n) is 5.20. The molecule has 1 atom stereocenters. The van der Waals surface area contributed by atoms with Crippen molar-refractivity contribution in [2.24, 2.45) is 0 Å². The van der Waals surface area contributed by atoms with Crippen molar-refractivity contribution in [3.05, 3.63) is 63.6 Å². The molecule has 0 radical (unpaired) electrons. The number of benzene rings is 1. The van der Waals surface area contributed by atoms with Crippen molar-refractivity contribution >= 4 is 17.7 Å². The molecule has 2 aromatic rings. The summed E-state index contributed by atoms with van der Waals surface area (Å²) in [5.41, 5.74) is 1.49. The molecular weight excluding hydrogens is 286 g/mol. The number of aromatic nitrogens is 1. The highest BCUT2D eigenvalue weighted by Crippen LogP contribution is 2.40. The van der Waals surface area contributed by atoms with Crippen LogP contribution in [0.1, 0.15) is 27.5 Å². The number of thioether (sulfide) groups is 1. The van der Waals surface area contributed by atoms with Gasteiger partial charge in [0.25, 0.3) is 0 Å². The van der Waals surface area contributed by atoms with Crippen LogP contribution in [-0.4, -0.2) is 21.4 Å². The predicted octanol–water partition coefficient (Wildman–Crippen LogP) is 2.74. The van der Waals surface area contributed by atoms with Crippen molar-refractivity contribution in [2.45, 2.75) is 24.3 Å². The Labute approximate surface area is 126 Å². The van der Waals surface area contributed by atoms with Gasteiger partial charge in [-0.2, -0.15) is 0 Å². The van der Waals surface area contributed by atoms with Crippen LogP contribution in [0.2, 0.25) is 0 Å². The van der Waals surface area contributed by atoms with Crippen LogP contribution in [0.25, 0.3) is 0 Å². The average molecular weight is 301 g/mol. The molecule has 1 aromatic heterocycles. The number of aryl methyl sites for hydroxylation is 1. The summed E-state index contributed by atoms with van der Waals surface area (Å²) in [6, 6.07) is 9.69. The van der Waals surface area contributed by atoms with Gasteiger partial charge in [0.05, 0.1) is 0 Å². The fourth-order valence-electron chi connectivity index (χ4n) is 2.65. The molecule has 1 N–H and O–H groups in total. The van der Waals surface area contributed by atoms with E-state index in [-0.39, 0.29) is 5.56 Å². The van der Waals surface area contributed by atoms with E-state index in [9.17, 15) is 9.59 Å². The summed E-state index contributed by atoms with van der Waals surface area (Å²) in [7, 11) is 0. The molecule has 0 aliphatic carbocycles. The lowest BCUT2D eigenvalue weighted by atomic mass is 10.0. The van der Waals surface area contributed by atoms with E-state index in [1.54, 1.807) is 0 Å². The number of rotatable bonds is 3. The Morgan fingerprint density at radius 1 is 1.43 bits per heavy atom. The maximum Gasteiger partial charge on any atom is 0.341 e. The van der Waals surface area contributed by atoms with Crippen LogP contribution in [0.3, 0.4) is 0 Å². The zero-order valence-corrected chi connectivity index (χ0v) is 12.4. The Morgan fingerprint density at radius 3 is 2.95 bits per heavy atom. The standard InChI is InChI=1S/C16H15NO3S/c1-10-6-14(18)13(16(19)20)8-17(10)7-11-9-21-15-5-3-2-4-12(11)15/h2-6,8,11H,7,9H2,1H3,(H,19,20). The second kappa shape index (κ2) is 5.41. The van der Waals surface area contributed by atoms with Gasteiger partial charge in [0.1, 0.15) is 5.56 Å². The Balaban J connectivity index is 1.95. The van der Waals surface area contributed by atoms with Crippen molar-refractivity contribution in [1.29, 1.82) is 0 Å². The summed E-state index contributed by atoms with van der Waals surface area (Å²) in [4.78, 5) is 24.1. The Kier molecular flexibility index (Phi) is 3.59. The fraction of sp³-hybridized carbons (Fsp3) is 0.250. The van der Waals surface area contributed by atoms with Crippen LogP contribution < -0.4 is 5.43 Å². The quantitative estimate of drug-likeness (QED) is 0.947. The van der Waals surface area contributed by atoms with Gasteiger partial charge < -0.3 is 9.67 Å². The molecule has 0 saturated carbocycles. The Morgan fingerprint density at radius 2 is 2.19 bits per heavy atom. The molecule has 0 fully saturated rings. The first-order valence-corrected chi connectivity index (χ1v) is 7.71. The second-order valence-corrected chi connectivity index (χ2v) is 6.26. The summed E-state index contributed by atoms with van der Waals surface area (Å²) >= 11 is 1.82. The number of carboxylic acid groups (broad SMARTS) is 1. The number of carboxylic acids is 1. The first-order chi connectivity index (χ1) is 10.1. The fourth-order valence-corrected chi connectivity index (χ4v) is 3.89. The number of fused-ring (bicyclic) bond motifs is 1. The van der Waals surface area contributed by atoms with Crippen molar-refractivity contribution < 1.29 is 9.90 Å². The molecule has 3 rings (SSSR count). The molecule has 1 aromatic carbocycles. The van der Waals surface area contributed by atoms with Crippen LogP contribution in [0, 0.1) is 6.92 Å². The van der Waals surface area contributed by atoms with Gasteiger partial charge in [0.2, 0.25) is 0 Å². The molecule has 1 unspecified atom stereocenters. The van der Waals surface area contributed by atoms with Crippen LogP contribution in [0.4, 0.5) is 0 Å². The molecule has 4 nitrogen and oxygen atoms in total. The van der Waals surface area contributed by atoms with Gasteiger partial charge >= 0.3 is 5.97 Å². The summed E-state index contributed by atoms with van der Waals surface area (Å²) in [5, 5.41) is 9.08. The highest BCUT2D eigenvalue weighted by atomic mass is 32.2. The van der Waals surface area contributed by atoms with E-state index in [1.165, 1.54) is 22.7 Å². The maximum atomic E-state index is 11.7. The number of carbonyl (C=O) groups is 1. The molecule has 1 aliphatic rings. The Hall–Kier alpha value is -2.01. The topological polar surface area (TPSA) is 59.3 Å². The number of aromatic carboxylic acids is 1. The zero-order valence-electron chi connectivity index (χ0n) is 11.6. The summed E-state index contributed by atoms with van der Waals surface area (Å²) in [6.07, 6.45) is 1.46. The SMILES string of the molecule is Cc1cc(=O)c(C(=O)O)cn1CC1CSc2ccccc21. The third-order valence-corrected chi connectivity index (χ3v) is 5.04. The molecular formula is C16H15NO3S. The largest absolute Gasteiger partial charge is 0.477 e. The van der Waals surface area contributed by atoms with Crippen molar-refractivity contribution in [1.82, 2.24) is 4.57 Å². The monoisotopic (exact) mass is 301 g/mol. The molecule has 0 saturated heterocycles. The molecule has 0 amide bonds. The molecule has 0 spiro atoms. The van der Waals surface area contributed by atoms with Gasteiger partial charge in [-0.15, -0.1) is 11.8 Å². The van der Waals surface area contributed by atoms with Gasteiger partial charge in [-0.25, -0.2) is 4.79 Å². The van der Waals surface area contributed by atoms with E-state index in [2.05, 4.69) is 12.1 Å². The molecule has 108 valence electrons. The van der Waals surface area contributed by atoms with Gasteiger partial charge in [-0.1, -0.05) is 18.2 Å². The summed E-state index contributed by atoms with van der Waals surface area (Å²) in [5.74, 6) is 0.150. The van der Waals surface area contributed by atoms with Crippen LogP contribution >= 0.6 is 11.8 Å². The average Bonchev–Trinajstić information content (AvgIpc) is 2.85. The van der Waals surface area contributed by atoms with Gasteiger partial charge in [-0.05, 0) is 18.6 Å². The van der Waals surface area contributed by atoms with E-state index < -0.39 is 11.4 Å². The molecule has 1 aliphatic heterocycles. The van der Waals surface area contributed by atoms with Crippen molar-refractivity contribution in [3.63, 3.8) is 0 Å². The lowest BCUT2D eigenvalue weighted by Crippen LogP contribution is -2.20. The number of hydrogen-bond acceptors (Lipinski definition) is 3. The molecule has 21 heavy (non-hydrogen) atoms. The molecule has 0 bridgehead atoms. The minimum atomic E-state index is -1.17. The number of nitrogens with zero attached hydrogens (tertiary/aromatic N) is 1. The molecule has 2 heterocycles. The highest BCUT2D eigenvalue weighted by Gasteiger charge is 2.23. The van der Waals surface area contributed by atoms with Crippen LogP contribution in [0.5, 0.6) is 0 Å². The predicted molar refractivity (Wildman–Crippen MR) is 82.3 cm³/mol.